The molecule has 0 radical (unpaired) electrons. The SMILES string of the molecule is NNC(=O)Cc1cc(C2CCCCC2)nc2ccccc12. The first kappa shape index (κ1) is 14.0. The van der Waals surface area contributed by atoms with Gasteiger partial charge in [0.25, 0.3) is 0 Å². The van der Waals surface area contributed by atoms with E-state index in [1.54, 1.807) is 0 Å². The number of para-hydroxylation sites is 1. The van der Waals surface area contributed by atoms with Crippen LogP contribution in [0.15, 0.2) is 30.3 Å². The van der Waals surface area contributed by atoms with Gasteiger partial charge >= 0.3 is 0 Å². The Morgan fingerprint density at radius 1 is 1.24 bits per heavy atom. The molecule has 0 bridgehead atoms. The van der Waals surface area contributed by atoms with E-state index in [-0.39, 0.29) is 5.91 Å². The van der Waals surface area contributed by atoms with Crippen LogP contribution in [0, 0.1) is 0 Å². The zero-order chi connectivity index (χ0) is 14.7. The Kier molecular flexibility index (Phi) is 4.15. The van der Waals surface area contributed by atoms with Gasteiger partial charge in [0.15, 0.2) is 0 Å². The summed E-state index contributed by atoms with van der Waals surface area (Å²) in [5, 5.41) is 1.04. The molecule has 1 aromatic carbocycles. The summed E-state index contributed by atoms with van der Waals surface area (Å²) in [4.78, 5) is 16.5. The van der Waals surface area contributed by atoms with E-state index in [2.05, 4.69) is 11.5 Å². The van der Waals surface area contributed by atoms with Gasteiger partial charge in [0, 0.05) is 17.0 Å². The van der Waals surface area contributed by atoms with E-state index < -0.39 is 0 Å². The molecule has 0 atom stereocenters. The average molecular weight is 283 g/mol. The number of aromatic nitrogens is 1. The fourth-order valence-electron chi connectivity index (χ4n) is 3.25. The van der Waals surface area contributed by atoms with E-state index in [4.69, 9.17) is 10.8 Å². The lowest BCUT2D eigenvalue weighted by Gasteiger charge is -2.22. The highest BCUT2D eigenvalue weighted by Crippen LogP contribution is 2.33. The number of fused-ring (bicyclic) bond motifs is 1. The van der Waals surface area contributed by atoms with Gasteiger partial charge in [-0.3, -0.25) is 15.2 Å². The highest BCUT2D eigenvalue weighted by Gasteiger charge is 2.19. The van der Waals surface area contributed by atoms with E-state index in [1.807, 2.05) is 24.3 Å². The maximum absolute atomic E-state index is 11.7. The molecule has 110 valence electrons. The van der Waals surface area contributed by atoms with Crippen LogP contribution in [0.2, 0.25) is 0 Å². The third-order valence-corrected chi connectivity index (χ3v) is 4.36. The molecule has 3 N–H and O–H groups in total. The number of carbonyl (C=O) groups excluding carboxylic acids is 1. The Labute approximate surface area is 124 Å². The molecular formula is C17H21N3O. The number of nitrogens with zero attached hydrogens (tertiary/aromatic N) is 1. The molecule has 1 fully saturated rings. The van der Waals surface area contributed by atoms with E-state index in [0.29, 0.717) is 12.3 Å². The number of hydrazine groups is 1. The lowest BCUT2D eigenvalue weighted by atomic mass is 9.85. The first-order valence-corrected chi connectivity index (χ1v) is 7.66. The number of benzene rings is 1. The van der Waals surface area contributed by atoms with Crippen LogP contribution < -0.4 is 11.3 Å². The van der Waals surface area contributed by atoms with Crippen LogP contribution in [0.3, 0.4) is 0 Å². The highest BCUT2D eigenvalue weighted by atomic mass is 16.2. The van der Waals surface area contributed by atoms with Crippen LogP contribution in [0.5, 0.6) is 0 Å². The third-order valence-electron chi connectivity index (χ3n) is 4.36. The molecule has 3 rings (SSSR count). The summed E-state index contributed by atoms with van der Waals surface area (Å²) in [5.41, 5.74) is 5.34. The van der Waals surface area contributed by atoms with Crippen molar-refractivity contribution in [3.8, 4) is 0 Å². The van der Waals surface area contributed by atoms with Crippen LogP contribution in [-0.4, -0.2) is 10.9 Å². The topological polar surface area (TPSA) is 68.0 Å². The second-order valence-corrected chi connectivity index (χ2v) is 5.80. The van der Waals surface area contributed by atoms with Crippen molar-refractivity contribution in [2.75, 3.05) is 0 Å². The lowest BCUT2D eigenvalue weighted by molar-refractivity contribution is -0.120. The molecule has 4 heteroatoms. The molecule has 1 aliphatic rings. The van der Waals surface area contributed by atoms with Crippen molar-refractivity contribution in [3.63, 3.8) is 0 Å². The van der Waals surface area contributed by atoms with E-state index >= 15 is 0 Å². The van der Waals surface area contributed by atoms with Gasteiger partial charge in [-0.15, -0.1) is 0 Å². The molecule has 0 unspecified atom stereocenters. The maximum Gasteiger partial charge on any atom is 0.238 e. The molecule has 21 heavy (non-hydrogen) atoms. The first-order chi connectivity index (χ1) is 10.3. The number of nitrogens with two attached hydrogens (primary N) is 1. The predicted molar refractivity (Wildman–Crippen MR) is 83.6 cm³/mol. The smallest absolute Gasteiger partial charge is 0.238 e. The molecule has 1 aliphatic carbocycles. The Morgan fingerprint density at radius 2 is 2.00 bits per heavy atom. The largest absolute Gasteiger partial charge is 0.294 e. The Balaban J connectivity index is 2.03. The first-order valence-electron chi connectivity index (χ1n) is 7.66. The molecule has 1 heterocycles. The number of pyridine rings is 1. The molecule has 1 saturated carbocycles. The summed E-state index contributed by atoms with van der Waals surface area (Å²) >= 11 is 0. The summed E-state index contributed by atoms with van der Waals surface area (Å²) in [7, 11) is 0. The molecule has 1 aromatic heterocycles. The monoisotopic (exact) mass is 283 g/mol. The van der Waals surface area contributed by atoms with Crippen molar-refractivity contribution in [2.24, 2.45) is 5.84 Å². The van der Waals surface area contributed by atoms with Crippen LogP contribution in [0.4, 0.5) is 0 Å². The van der Waals surface area contributed by atoms with Gasteiger partial charge < -0.3 is 0 Å². The molecule has 1 amide bonds. The normalized spacial score (nSPS) is 16.0. The summed E-state index contributed by atoms with van der Waals surface area (Å²) in [6.45, 7) is 0. The van der Waals surface area contributed by atoms with Crippen molar-refractivity contribution in [2.45, 2.75) is 44.4 Å². The molecule has 0 spiro atoms. The molecule has 2 aromatic rings. The number of rotatable bonds is 3. The van der Waals surface area contributed by atoms with Crippen LogP contribution in [-0.2, 0) is 11.2 Å². The fraction of sp³-hybridized carbons (Fsp3) is 0.412. The predicted octanol–water partition coefficient (Wildman–Crippen LogP) is 2.81. The van der Waals surface area contributed by atoms with Crippen molar-refractivity contribution in [1.82, 2.24) is 10.4 Å². The van der Waals surface area contributed by atoms with Crippen molar-refractivity contribution in [3.05, 3.63) is 41.6 Å². The van der Waals surface area contributed by atoms with Crippen molar-refractivity contribution >= 4 is 16.8 Å². The standard InChI is InChI=1S/C17H21N3O/c18-20-17(21)11-13-10-16(12-6-2-1-3-7-12)19-15-9-5-4-8-14(13)15/h4-5,8-10,12H,1-3,6-7,11,18H2,(H,20,21). The highest BCUT2D eigenvalue weighted by molar-refractivity contribution is 5.88. The van der Waals surface area contributed by atoms with Crippen molar-refractivity contribution < 1.29 is 4.79 Å². The summed E-state index contributed by atoms with van der Waals surface area (Å²) in [6, 6.07) is 10.1. The van der Waals surface area contributed by atoms with E-state index in [0.717, 1.165) is 22.2 Å². The van der Waals surface area contributed by atoms with Gasteiger partial charge in [-0.2, -0.15) is 0 Å². The van der Waals surface area contributed by atoms with Gasteiger partial charge in [0.2, 0.25) is 5.91 Å². The van der Waals surface area contributed by atoms with Crippen LogP contribution >= 0.6 is 0 Å². The molecule has 0 aliphatic heterocycles. The van der Waals surface area contributed by atoms with Gasteiger partial charge in [-0.25, -0.2) is 5.84 Å². The Bertz CT molecular complexity index is 648. The zero-order valence-electron chi connectivity index (χ0n) is 12.1. The summed E-state index contributed by atoms with van der Waals surface area (Å²) in [6.07, 6.45) is 6.59. The number of carbonyl (C=O) groups is 1. The minimum absolute atomic E-state index is 0.166. The lowest BCUT2D eigenvalue weighted by Crippen LogP contribution is -2.31. The quantitative estimate of drug-likeness (QED) is 0.517. The second-order valence-electron chi connectivity index (χ2n) is 5.80. The van der Waals surface area contributed by atoms with Crippen molar-refractivity contribution in [1.29, 1.82) is 0 Å². The average Bonchev–Trinajstić information content (AvgIpc) is 2.55. The number of hydrogen-bond donors (Lipinski definition) is 2. The second kappa shape index (κ2) is 6.22. The van der Waals surface area contributed by atoms with Gasteiger partial charge in [0.05, 0.1) is 11.9 Å². The zero-order valence-corrected chi connectivity index (χ0v) is 12.1. The van der Waals surface area contributed by atoms with Gasteiger partial charge in [-0.05, 0) is 30.5 Å². The summed E-state index contributed by atoms with van der Waals surface area (Å²) in [5.74, 6) is 5.59. The maximum atomic E-state index is 11.7. The molecular weight excluding hydrogens is 262 g/mol. The minimum atomic E-state index is -0.166. The molecule has 4 nitrogen and oxygen atoms in total. The summed E-state index contributed by atoms with van der Waals surface area (Å²) < 4.78 is 0. The number of amides is 1. The number of hydrogen-bond acceptors (Lipinski definition) is 3. The minimum Gasteiger partial charge on any atom is -0.294 e. The Hall–Kier alpha value is -1.94. The van der Waals surface area contributed by atoms with Crippen LogP contribution in [0.25, 0.3) is 10.9 Å². The van der Waals surface area contributed by atoms with Gasteiger partial charge in [0.1, 0.15) is 0 Å². The van der Waals surface area contributed by atoms with E-state index in [1.165, 1.54) is 32.1 Å². The fourth-order valence-corrected chi connectivity index (χ4v) is 3.25. The van der Waals surface area contributed by atoms with Crippen LogP contribution in [0.1, 0.15) is 49.3 Å². The van der Waals surface area contributed by atoms with E-state index in [9.17, 15) is 4.79 Å². The Morgan fingerprint density at radius 3 is 2.76 bits per heavy atom. The third kappa shape index (κ3) is 3.05. The number of nitrogens with one attached hydrogen (secondary N) is 1. The van der Waals surface area contributed by atoms with Gasteiger partial charge in [-0.1, -0.05) is 37.5 Å². The molecule has 0 saturated heterocycles.